The number of hydrogen-bond donors (Lipinski definition) is 1. The van der Waals surface area contributed by atoms with Gasteiger partial charge in [0.1, 0.15) is 5.82 Å². The molecule has 2 saturated heterocycles. The first-order chi connectivity index (χ1) is 12.1. The first-order valence-corrected chi connectivity index (χ1v) is 9.26. The van der Waals surface area contributed by atoms with E-state index in [0.29, 0.717) is 36.8 Å². The lowest BCUT2D eigenvalue weighted by Crippen LogP contribution is -2.48. The van der Waals surface area contributed by atoms with Crippen molar-refractivity contribution in [1.29, 1.82) is 0 Å². The van der Waals surface area contributed by atoms with E-state index in [1.54, 1.807) is 12.1 Å². The van der Waals surface area contributed by atoms with Crippen LogP contribution in [-0.2, 0) is 4.74 Å². The highest BCUT2D eigenvalue weighted by molar-refractivity contribution is 6.31. The number of amides is 2. The van der Waals surface area contributed by atoms with Crippen LogP contribution >= 0.6 is 11.6 Å². The second-order valence-corrected chi connectivity index (χ2v) is 7.11. The van der Waals surface area contributed by atoms with E-state index >= 15 is 0 Å². The van der Waals surface area contributed by atoms with Crippen LogP contribution in [0.1, 0.15) is 31.4 Å². The number of carbonyl (C=O) groups is 1. The fraction of sp³-hybridized carbons (Fsp3) is 0.611. The van der Waals surface area contributed by atoms with Gasteiger partial charge in [-0.25, -0.2) is 9.18 Å². The fourth-order valence-electron chi connectivity index (χ4n) is 3.59. The molecule has 0 spiro atoms. The van der Waals surface area contributed by atoms with Crippen LogP contribution in [0.2, 0.25) is 5.02 Å². The van der Waals surface area contributed by atoms with Crippen molar-refractivity contribution in [2.45, 2.75) is 31.9 Å². The smallest absolute Gasteiger partial charge is 0.317 e. The minimum absolute atomic E-state index is 0.0658. The summed E-state index contributed by atoms with van der Waals surface area (Å²) < 4.78 is 20.1. The number of halogens is 2. The van der Waals surface area contributed by atoms with E-state index in [-0.39, 0.29) is 24.0 Å². The van der Waals surface area contributed by atoms with E-state index in [2.05, 4.69) is 10.2 Å². The summed E-state index contributed by atoms with van der Waals surface area (Å²) in [7, 11) is 0. The maximum atomic E-state index is 14.5. The minimum Gasteiger partial charge on any atom is -0.376 e. The fourth-order valence-corrected chi connectivity index (χ4v) is 3.88. The predicted octanol–water partition coefficient (Wildman–Crippen LogP) is 3.05. The van der Waals surface area contributed by atoms with Gasteiger partial charge < -0.3 is 15.0 Å². The maximum absolute atomic E-state index is 14.5. The van der Waals surface area contributed by atoms with Crippen LogP contribution in [0, 0.1) is 5.82 Å². The molecule has 7 heteroatoms. The van der Waals surface area contributed by atoms with Crippen LogP contribution in [0.3, 0.4) is 0 Å². The molecule has 0 saturated carbocycles. The Morgan fingerprint density at radius 3 is 2.84 bits per heavy atom. The number of nitrogens with zero attached hydrogens (tertiary/aromatic N) is 2. The van der Waals surface area contributed by atoms with Crippen molar-refractivity contribution in [2.24, 2.45) is 0 Å². The largest absolute Gasteiger partial charge is 0.376 e. The van der Waals surface area contributed by atoms with Crippen molar-refractivity contribution in [2.75, 3.05) is 39.3 Å². The van der Waals surface area contributed by atoms with Gasteiger partial charge in [-0.2, -0.15) is 0 Å². The Morgan fingerprint density at radius 2 is 2.16 bits per heavy atom. The Hall–Kier alpha value is -1.37. The van der Waals surface area contributed by atoms with Crippen molar-refractivity contribution in [3.63, 3.8) is 0 Å². The molecule has 2 heterocycles. The molecule has 1 N–H and O–H groups in total. The third-order valence-electron chi connectivity index (χ3n) is 4.89. The zero-order chi connectivity index (χ0) is 17.8. The van der Waals surface area contributed by atoms with Gasteiger partial charge in [0, 0.05) is 43.3 Å². The summed E-state index contributed by atoms with van der Waals surface area (Å²) in [5, 5.41) is 3.36. The summed E-state index contributed by atoms with van der Waals surface area (Å²) >= 11 is 6.30. The highest BCUT2D eigenvalue weighted by Crippen LogP contribution is 2.31. The number of ether oxygens (including phenoxy) is 1. The zero-order valence-electron chi connectivity index (χ0n) is 14.5. The molecular formula is C18H25ClFN3O2. The van der Waals surface area contributed by atoms with Gasteiger partial charge in [0.05, 0.1) is 18.8 Å². The lowest BCUT2D eigenvalue weighted by Gasteiger charge is -2.38. The van der Waals surface area contributed by atoms with Crippen molar-refractivity contribution in [3.05, 3.63) is 34.6 Å². The Balaban J connectivity index is 1.77. The van der Waals surface area contributed by atoms with Crippen LogP contribution in [0.25, 0.3) is 0 Å². The summed E-state index contributed by atoms with van der Waals surface area (Å²) in [6, 6.07) is 4.31. The molecule has 0 aliphatic carbocycles. The Morgan fingerprint density at radius 1 is 1.40 bits per heavy atom. The van der Waals surface area contributed by atoms with E-state index in [0.717, 1.165) is 25.9 Å². The van der Waals surface area contributed by atoms with Crippen LogP contribution in [0.4, 0.5) is 9.18 Å². The number of benzene rings is 1. The standard InChI is InChI=1S/C18H25ClFN3O2/c1-13-12-23(9-10-25-13)16(17-14(19)5-4-6-15(17)20)11-21-18(24)22-7-2-3-8-22/h4-6,13,16H,2-3,7-12H2,1H3,(H,21,24). The van der Waals surface area contributed by atoms with E-state index < -0.39 is 0 Å². The molecular weight excluding hydrogens is 345 g/mol. The molecule has 2 aliphatic heterocycles. The third kappa shape index (κ3) is 4.43. The van der Waals surface area contributed by atoms with Gasteiger partial charge >= 0.3 is 6.03 Å². The summed E-state index contributed by atoms with van der Waals surface area (Å²) in [5.74, 6) is -0.341. The Labute approximate surface area is 153 Å². The van der Waals surface area contributed by atoms with Gasteiger partial charge in [-0.3, -0.25) is 4.90 Å². The second kappa shape index (κ2) is 8.34. The average molecular weight is 370 g/mol. The predicted molar refractivity (Wildman–Crippen MR) is 95.3 cm³/mol. The molecule has 2 aliphatic rings. The van der Waals surface area contributed by atoms with E-state index in [9.17, 15) is 9.18 Å². The number of urea groups is 1. The third-order valence-corrected chi connectivity index (χ3v) is 5.22. The van der Waals surface area contributed by atoms with Crippen molar-refractivity contribution in [1.82, 2.24) is 15.1 Å². The molecule has 0 aromatic heterocycles. The molecule has 25 heavy (non-hydrogen) atoms. The van der Waals surface area contributed by atoms with E-state index in [1.165, 1.54) is 6.07 Å². The quantitative estimate of drug-likeness (QED) is 0.887. The first kappa shape index (κ1) is 18.4. The SMILES string of the molecule is CC1CN(C(CNC(=O)N2CCCC2)c2c(F)cccc2Cl)CCO1. The molecule has 0 bridgehead atoms. The summed E-state index contributed by atoms with van der Waals surface area (Å²) in [4.78, 5) is 16.3. The Bertz CT molecular complexity index is 590. The van der Waals surface area contributed by atoms with Gasteiger partial charge in [-0.1, -0.05) is 17.7 Å². The molecule has 5 nitrogen and oxygen atoms in total. The van der Waals surface area contributed by atoms with Crippen LogP contribution < -0.4 is 5.32 Å². The Kier molecular flexibility index (Phi) is 6.15. The van der Waals surface area contributed by atoms with Gasteiger partial charge in [0.2, 0.25) is 0 Å². The number of morpholine rings is 1. The number of rotatable bonds is 4. The zero-order valence-corrected chi connectivity index (χ0v) is 15.3. The van der Waals surface area contributed by atoms with Crippen LogP contribution in [0.5, 0.6) is 0 Å². The number of likely N-dealkylation sites (tertiary alicyclic amines) is 1. The lowest BCUT2D eigenvalue weighted by molar-refractivity contribution is -0.0346. The summed E-state index contributed by atoms with van der Waals surface area (Å²) in [6.07, 6.45) is 2.14. The number of hydrogen-bond acceptors (Lipinski definition) is 3. The van der Waals surface area contributed by atoms with E-state index in [4.69, 9.17) is 16.3 Å². The number of nitrogens with one attached hydrogen (secondary N) is 1. The molecule has 2 fully saturated rings. The van der Waals surface area contributed by atoms with Crippen LogP contribution in [0.15, 0.2) is 18.2 Å². The van der Waals surface area contributed by atoms with Crippen molar-refractivity contribution in [3.8, 4) is 0 Å². The van der Waals surface area contributed by atoms with Crippen LogP contribution in [-0.4, -0.2) is 61.3 Å². The minimum atomic E-state index is -0.341. The second-order valence-electron chi connectivity index (χ2n) is 6.71. The lowest BCUT2D eigenvalue weighted by atomic mass is 10.0. The normalized spacial score (nSPS) is 22.8. The van der Waals surface area contributed by atoms with Crippen molar-refractivity contribution >= 4 is 17.6 Å². The monoisotopic (exact) mass is 369 g/mol. The topological polar surface area (TPSA) is 44.8 Å². The summed E-state index contributed by atoms with van der Waals surface area (Å²) in [6.45, 7) is 5.83. The van der Waals surface area contributed by atoms with Crippen molar-refractivity contribution < 1.29 is 13.9 Å². The summed E-state index contributed by atoms with van der Waals surface area (Å²) in [5.41, 5.74) is 0.444. The molecule has 2 unspecified atom stereocenters. The maximum Gasteiger partial charge on any atom is 0.317 e. The van der Waals surface area contributed by atoms with Gasteiger partial charge in [-0.15, -0.1) is 0 Å². The molecule has 3 rings (SSSR count). The molecule has 138 valence electrons. The highest BCUT2D eigenvalue weighted by Gasteiger charge is 2.30. The van der Waals surface area contributed by atoms with Gasteiger partial charge in [-0.05, 0) is 31.9 Å². The highest BCUT2D eigenvalue weighted by atomic mass is 35.5. The van der Waals surface area contributed by atoms with Gasteiger partial charge in [0.15, 0.2) is 0 Å². The number of carbonyl (C=O) groups excluding carboxylic acids is 1. The average Bonchev–Trinajstić information content (AvgIpc) is 3.12. The molecule has 1 aromatic carbocycles. The molecule has 2 atom stereocenters. The first-order valence-electron chi connectivity index (χ1n) is 8.88. The molecule has 2 amide bonds. The molecule has 1 aromatic rings. The van der Waals surface area contributed by atoms with E-state index in [1.807, 2.05) is 11.8 Å². The van der Waals surface area contributed by atoms with Gasteiger partial charge in [0.25, 0.3) is 0 Å². The molecule has 0 radical (unpaired) electrons.